The molecule has 3 unspecified atom stereocenters. The first-order valence-corrected chi connectivity index (χ1v) is 25.7. The first-order valence-electron chi connectivity index (χ1n) is 25.7. The van der Waals surface area contributed by atoms with E-state index in [-0.39, 0.29) is 17.9 Å². The molecule has 3 heterocycles. The van der Waals surface area contributed by atoms with Crippen molar-refractivity contribution < 1.29 is 0 Å². The molecule has 2 aliphatic carbocycles. The van der Waals surface area contributed by atoms with Crippen molar-refractivity contribution in [1.82, 2.24) is 19.5 Å². The summed E-state index contributed by atoms with van der Waals surface area (Å²) in [6.07, 6.45) is 13.2. The van der Waals surface area contributed by atoms with Crippen LogP contribution in [0, 0.1) is 5.92 Å². The van der Waals surface area contributed by atoms with E-state index in [0.29, 0.717) is 17.6 Å². The number of rotatable bonds is 7. The molecule has 0 fully saturated rings. The van der Waals surface area contributed by atoms with E-state index in [1.54, 1.807) is 0 Å². The molecule has 12 aromatic rings. The standard InChI is InChI=1S/C69H47N5/c1-5-17-44(18-6-1)47-30-35-63-59(39-47)60-41-49(32-36-64(60)73(63)52-23-11-4-12-24-52)50-33-38-66-62(42-50)61-40-48(45-19-7-2-8-20-45)31-37-65(61)74(66)69-71-67(46-21-9-3-10-22-46)70-68(72-69)51-29-34-57-55-27-14-13-25-53(55)54-26-15-16-28-56(54)58(57)43-51/h1-32,34-43,50,60,64H,33H2. The fourth-order valence-corrected chi connectivity index (χ4v) is 12.2. The summed E-state index contributed by atoms with van der Waals surface area (Å²) < 4.78 is 2.28. The fraction of sp³-hybridized carbons (Fsp3) is 0.0580. The van der Waals surface area contributed by atoms with E-state index in [0.717, 1.165) is 28.4 Å². The molecule has 3 atom stereocenters. The van der Waals surface area contributed by atoms with E-state index in [4.69, 9.17) is 15.0 Å². The van der Waals surface area contributed by atoms with Crippen LogP contribution in [-0.4, -0.2) is 25.6 Å². The third-order valence-electron chi connectivity index (χ3n) is 15.7. The number of hydrogen-bond donors (Lipinski definition) is 0. The largest absolute Gasteiger partial charge is 0.333 e. The molecule has 0 saturated carbocycles. The van der Waals surface area contributed by atoms with E-state index in [1.165, 1.54) is 87.7 Å². The molecule has 5 heteroatoms. The van der Waals surface area contributed by atoms with Gasteiger partial charge in [0.25, 0.3) is 0 Å². The van der Waals surface area contributed by atoms with Crippen molar-refractivity contribution in [1.29, 1.82) is 0 Å². The number of nitrogens with zero attached hydrogens (tertiary/aromatic N) is 5. The number of hydrogen-bond acceptors (Lipinski definition) is 4. The smallest absolute Gasteiger partial charge is 0.238 e. The van der Waals surface area contributed by atoms with Gasteiger partial charge in [-0.2, -0.15) is 9.97 Å². The lowest BCUT2D eigenvalue weighted by molar-refractivity contribution is 0.716. The van der Waals surface area contributed by atoms with Crippen molar-refractivity contribution in [3.63, 3.8) is 0 Å². The topological polar surface area (TPSA) is 46.8 Å². The predicted octanol–water partition coefficient (Wildman–Crippen LogP) is 15.3. The predicted molar refractivity (Wildman–Crippen MR) is 306 cm³/mol. The fourth-order valence-electron chi connectivity index (χ4n) is 12.2. The van der Waals surface area contributed by atoms with E-state index in [9.17, 15) is 0 Å². The summed E-state index contributed by atoms with van der Waals surface area (Å²) in [7, 11) is 0. The highest BCUT2D eigenvalue weighted by Gasteiger charge is 2.39. The average molecular weight is 946 g/mol. The lowest BCUT2D eigenvalue weighted by Gasteiger charge is -2.30. The molecular formula is C69H47N5. The Morgan fingerprint density at radius 2 is 0.959 bits per heavy atom. The summed E-state index contributed by atoms with van der Waals surface area (Å²) in [5.74, 6) is 2.19. The molecule has 2 aromatic heterocycles. The number of anilines is 2. The minimum atomic E-state index is 0.156. The summed E-state index contributed by atoms with van der Waals surface area (Å²) in [5.41, 5.74) is 12.9. The third kappa shape index (κ3) is 6.88. The number of aromatic nitrogens is 4. The lowest BCUT2D eigenvalue weighted by atomic mass is 9.81. The summed E-state index contributed by atoms with van der Waals surface area (Å²) in [5, 5.41) is 10.8. The Morgan fingerprint density at radius 3 is 1.64 bits per heavy atom. The molecule has 0 saturated heterocycles. The number of allylic oxidation sites excluding steroid dienone is 2. The first-order chi connectivity index (χ1) is 36.7. The Kier molecular flexibility index (Phi) is 9.77. The lowest BCUT2D eigenvalue weighted by Crippen LogP contribution is -2.34. The Bertz CT molecular complexity index is 4370. The summed E-state index contributed by atoms with van der Waals surface area (Å²) in [6.45, 7) is 0. The molecule has 348 valence electrons. The normalized spacial score (nSPS) is 16.7. The quantitative estimate of drug-likeness (QED) is 0.149. The summed E-state index contributed by atoms with van der Waals surface area (Å²) in [6, 6.07) is 80.8. The molecule has 0 spiro atoms. The van der Waals surface area contributed by atoms with Crippen LogP contribution in [0.4, 0.5) is 11.4 Å². The van der Waals surface area contributed by atoms with Gasteiger partial charge in [-0.05, 0) is 115 Å². The molecule has 5 nitrogen and oxygen atoms in total. The zero-order chi connectivity index (χ0) is 48.7. The maximum Gasteiger partial charge on any atom is 0.238 e. The molecule has 1 aliphatic heterocycles. The molecule has 10 aromatic carbocycles. The molecule has 0 amide bonds. The van der Waals surface area contributed by atoms with Crippen LogP contribution in [0.15, 0.2) is 248 Å². The highest BCUT2D eigenvalue weighted by atomic mass is 15.2. The van der Waals surface area contributed by atoms with Gasteiger partial charge in [-0.3, -0.25) is 4.57 Å². The summed E-state index contributed by atoms with van der Waals surface area (Å²) >= 11 is 0. The second-order valence-electron chi connectivity index (χ2n) is 19.8. The van der Waals surface area contributed by atoms with Crippen LogP contribution in [-0.2, 0) is 0 Å². The van der Waals surface area contributed by atoms with Gasteiger partial charge >= 0.3 is 0 Å². The number of fused-ring (bicyclic) bond motifs is 12. The first kappa shape index (κ1) is 42.3. The van der Waals surface area contributed by atoms with E-state index in [1.807, 2.05) is 6.07 Å². The zero-order valence-electron chi connectivity index (χ0n) is 40.4. The second kappa shape index (κ2) is 17.1. The van der Waals surface area contributed by atoms with Gasteiger partial charge in [-0.1, -0.05) is 212 Å². The van der Waals surface area contributed by atoms with Crippen molar-refractivity contribution in [2.24, 2.45) is 5.92 Å². The summed E-state index contributed by atoms with van der Waals surface area (Å²) in [4.78, 5) is 18.6. The number of benzene rings is 10. The zero-order valence-corrected chi connectivity index (χ0v) is 40.4. The molecule has 3 aliphatic rings. The monoisotopic (exact) mass is 945 g/mol. The van der Waals surface area contributed by atoms with Gasteiger partial charge in [0.15, 0.2) is 11.6 Å². The van der Waals surface area contributed by atoms with Gasteiger partial charge in [0.1, 0.15) is 0 Å². The van der Waals surface area contributed by atoms with Crippen molar-refractivity contribution in [3.05, 3.63) is 264 Å². The average Bonchev–Trinajstić information content (AvgIpc) is 4.03. The van der Waals surface area contributed by atoms with Crippen molar-refractivity contribution in [3.8, 4) is 51.0 Å². The Hall–Kier alpha value is -9.45. The van der Waals surface area contributed by atoms with E-state index >= 15 is 0 Å². The molecule has 74 heavy (non-hydrogen) atoms. The van der Waals surface area contributed by atoms with Gasteiger partial charge in [-0.15, -0.1) is 0 Å². The second-order valence-corrected chi connectivity index (χ2v) is 19.8. The minimum Gasteiger partial charge on any atom is -0.333 e. The van der Waals surface area contributed by atoms with Crippen LogP contribution in [0.3, 0.4) is 0 Å². The SMILES string of the molecule is C1=CC2C(C=C1C1C=c3c(n(-c4nc(-c5ccccc5)nc(-c5ccc6c7ccccc7c7ccccc7c6c5)n4)c4ccc(-c5ccccc5)cc34)=CC1)c1cc(-c3ccccc3)ccc1N2c1ccccc1. The Balaban J connectivity index is 0.906. The van der Waals surface area contributed by atoms with E-state index < -0.39 is 0 Å². The molecule has 0 N–H and O–H groups in total. The van der Waals surface area contributed by atoms with Crippen LogP contribution < -0.4 is 15.5 Å². The van der Waals surface area contributed by atoms with Crippen LogP contribution in [0.1, 0.15) is 17.9 Å². The van der Waals surface area contributed by atoms with Gasteiger partial charge in [0.2, 0.25) is 5.95 Å². The molecular weight excluding hydrogens is 899 g/mol. The Morgan fingerprint density at radius 1 is 0.419 bits per heavy atom. The molecule has 0 radical (unpaired) electrons. The van der Waals surface area contributed by atoms with Crippen LogP contribution >= 0.6 is 0 Å². The highest BCUT2D eigenvalue weighted by Crippen LogP contribution is 2.50. The van der Waals surface area contributed by atoms with Gasteiger partial charge < -0.3 is 4.90 Å². The van der Waals surface area contributed by atoms with Crippen LogP contribution in [0.2, 0.25) is 0 Å². The van der Waals surface area contributed by atoms with Crippen LogP contribution in [0.5, 0.6) is 0 Å². The van der Waals surface area contributed by atoms with Gasteiger partial charge in [0.05, 0.1) is 16.9 Å². The van der Waals surface area contributed by atoms with Gasteiger partial charge in [0, 0.05) is 44.9 Å². The minimum absolute atomic E-state index is 0.156. The van der Waals surface area contributed by atoms with Crippen molar-refractivity contribution >= 4 is 66.7 Å². The van der Waals surface area contributed by atoms with Crippen molar-refractivity contribution in [2.75, 3.05) is 4.90 Å². The van der Waals surface area contributed by atoms with Crippen molar-refractivity contribution in [2.45, 2.75) is 18.4 Å². The molecule has 0 bridgehead atoms. The highest BCUT2D eigenvalue weighted by molar-refractivity contribution is 6.25. The Labute approximate surface area is 428 Å². The third-order valence-corrected chi connectivity index (χ3v) is 15.7. The van der Waals surface area contributed by atoms with E-state index in [2.05, 4.69) is 258 Å². The van der Waals surface area contributed by atoms with Gasteiger partial charge in [-0.25, -0.2) is 4.98 Å². The maximum absolute atomic E-state index is 5.47. The van der Waals surface area contributed by atoms with Crippen LogP contribution in [0.25, 0.3) is 106 Å². The number of para-hydroxylation sites is 1. The maximum atomic E-state index is 5.47. The molecule has 15 rings (SSSR count).